The molecule has 110 valence electrons. The lowest BCUT2D eigenvalue weighted by molar-refractivity contribution is 0.0728. The largest absolute Gasteiger partial charge is 0.422 e. The molecule has 0 amide bonds. The molecule has 0 bridgehead atoms. The summed E-state index contributed by atoms with van der Waals surface area (Å²) in [5, 5.41) is 4.06. The number of esters is 1. The number of rotatable bonds is 3. The standard InChI is InChI=1S/C17H13FN2O2/c1-12-6-8-13(9-7-12)22-17(21)15-10-11-20(19-15)16-5-3-2-4-14(16)18/h2-11H,1H3. The first-order chi connectivity index (χ1) is 10.6. The van der Waals surface area contributed by atoms with Gasteiger partial charge < -0.3 is 4.74 Å². The number of ether oxygens (including phenoxy) is 1. The molecule has 0 N–H and O–H groups in total. The van der Waals surface area contributed by atoms with Crippen LogP contribution in [0.25, 0.3) is 5.69 Å². The van der Waals surface area contributed by atoms with Crippen molar-refractivity contribution in [2.45, 2.75) is 6.92 Å². The monoisotopic (exact) mass is 296 g/mol. The minimum Gasteiger partial charge on any atom is -0.422 e. The Morgan fingerprint density at radius 3 is 2.55 bits per heavy atom. The van der Waals surface area contributed by atoms with Gasteiger partial charge in [-0.1, -0.05) is 29.8 Å². The molecule has 2 aromatic carbocycles. The van der Waals surface area contributed by atoms with E-state index in [0.29, 0.717) is 5.75 Å². The average molecular weight is 296 g/mol. The molecular formula is C17H13FN2O2. The maximum absolute atomic E-state index is 13.7. The van der Waals surface area contributed by atoms with Gasteiger partial charge >= 0.3 is 5.97 Å². The lowest BCUT2D eigenvalue weighted by atomic mass is 10.2. The number of carbonyl (C=O) groups excluding carboxylic acids is 1. The average Bonchev–Trinajstić information content (AvgIpc) is 3.00. The molecule has 1 heterocycles. The summed E-state index contributed by atoms with van der Waals surface area (Å²) in [6.45, 7) is 1.95. The van der Waals surface area contributed by atoms with Crippen molar-refractivity contribution in [3.63, 3.8) is 0 Å². The number of hydrogen-bond acceptors (Lipinski definition) is 3. The minimum atomic E-state index is -0.584. The summed E-state index contributed by atoms with van der Waals surface area (Å²) < 4.78 is 20.2. The van der Waals surface area contributed by atoms with Crippen LogP contribution in [0.5, 0.6) is 5.75 Å². The van der Waals surface area contributed by atoms with Gasteiger partial charge in [0.1, 0.15) is 17.3 Å². The van der Waals surface area contributed by atoms with Gasteiger partial charge in [0.15, 0.2) is 5.69 Å². The molecule has 22 heavy (non-hydrogen) atoms. The Labute approximate surface area is 126 Å². The first-order valence-corrected chi connectivity index (χ1v) is 6.73. The molecule has 0 saturated heterocycles. The molecule has 0 fully saturated rings. The van der Waals surface area contributed by atoms with Crippen LogP contribution in [-0.2, 0) is 0 Å². The molecule has 1 aromatic heterocycles. The molecule has 0 spiro atoms. The number of aromatic nitrogens is 2. The number of benzene rings is 2. The van der Waals surface area contributed by atoms with E-state index in [0.717, 1.165) is 5.56 Å². The highest BCUT2D eigenvalue weighted by atomic mass is 19.1. The number of aryl methyl sites for hydroxylation is 1. The zero-order valence-corrected chi connectivity index (χ0v) is 11.9. The maximum Gasteiger partial charge on any atom is 0.364 e. The second-order valence-electron chi connectivity index (χ2n) is 4.80. The number of nitrogens with zero attached hydrogens (tertiary/aromatic N) is 2. The second kappa shape index (κ2) is 5.81. The summed E-state index contributed by atoms with van der Waals surface area (Å²) in [6, 6.07) is 14.8. The number of halogens is 1. The van der Waals surface area contributed by atoms with Crippen molar-refractivity contribution in [1.82, 2.24) is 9.78 Å². The van der Waals surface area contributed by atoms with Gasteiger partial charge in [0, 0.05) is 6.20 Å². The second-order valence-corrected chi connectivity index (χ2v) is 4.80. The fourth-order valence-electron chi connectivity index (χ4n) is 1.97. The summed E-state index contributed by atoms with van der Waals surface area (Å²) >= 11 is 0. The lowest BCUT2D eigenvalue weighted by Crippen LogP contribution is -2.10. The zero-order chi connectivity index (χ0) is 15.5. The van der Waals surface area contributed by atoms with Crippen LogP contribution in [0.2, 0.25) is 0 Å². The van der Waals surface area contributed by atoms with Crippen LogP contribution in [0.3, 0.4) is 0 Å². The van der Waals surface area contributed by atoms with E-state index in [2.05, 4.69) is 5.10 Å². The third kappa shape index (κ3) is 2.88. The van der Waals surface area contributed by atoms with Crippen LogP contribution < -0.4 is 4.74 Å². The molecular weight excluding hydrogens is 283 g/mol. The summed E-state index contributed by atoms with van der Waals surface area (Å²) in [5.74, 6) is -0.556. The lowest BCUT2D eigenvalue weighted by Gasteiger charge is -2.03. The molecule has 0 atom stereocenters. The predicted molar refractivity (Wildman–Crippen MR) is 79.7 cm³/mol. The fraction of sp³-hybridized carbons (Fsp3) is 0.0588. The molecule has 0 saturated carbocycles. The molecule has 0 aliphatic carbocycles. The van der Waals surface area contributed by atoms with Crippen LogP contribution in [-0.4, -0.2) is 15.7 Å². The van der Waals surface area contributed by atoms with E-state index in [4.69, 9.17) is 4.74 Å². The third-order valence-electron chi connectivity index (χ3n) is 3.13. The minimum absolute atomic E-state index is 0.115. The van der Waals surface area contributed by atoms with Crippen LogP contribution in [0, 0.1) is 12.7 Å². The maximum atomic E-state index is 13.7. The van der Waals surface area contributed by atoms with Gasteiger partial charge in [0.2, 0.25) is 0 Å². The van der Waals surface area contributed by atoms with Crippen LogP contribution in [0.4, 0.5) is 4.39 Å². The quantitative estimate of drug-likeness (QED) is 0.548. The van der Waals surface area contributed by atoms with Crippen molar-refractivity contribution in [2.24, 2.45) is 0 Å². The van der Waals surface area contributed by atoms with E-state index in [-0.39, 0.29) is 11.4 Å². The predicted octanol–water partition coefficient (Wildman–Crippen LogP) is 3.54. The smallest absolute Gasteiger partial charge is 0.364 e. The Bertz CT molecular complexity index is 810. The van der Waals surface area contributed by atoms with Crippen molar-refractivity contribution < 1.29 is 13.9 Å². The van der Waals surface area contributed by atoms with Crippen molar-refractivity contribution in [1.29, 1.82) is 0 Å². The molecule has 3 rings (SSSR count). The molecule has 0 radical (unpaired) electrons. The van der Waals surface area contributed by atoms with Gasteiger partial charge in [0.25, 0.3) is 0 Å². The fourth-order valence-corrected chi connectivity index (χ4v) is 1.97. The first kappa shape index (κ1) is 14.0. The SMILES string of the molecule is Cc1ccc(OC(=O)c2ccn(-c3ccccc3F)n2)cc1. The molecule has 0 aliphatic heterocycles. The molecule has 5 heteroatoms. The van der Waals surface area contributed by atoms with E-state index in [1.807, 2.05) is 19.1 Å². The topological polar surface area (TPSA) is 44.1 Å². The summed E-state index contributed by atoms with van der Waals surface area (Å²) in [6.07, 6.45) is 1.52. The Morgan fingerprint density at radius 1 is 1.09 bits per heavy atom. The van der Waals surface area contributed by atoms with E-state index >= 15 is 0 Å². The highest BCUT2D eigenvalue weighted by Gasteiger charge is 2.14. The van der Waals surface area contributed by atoms with Gasteiger partial charge in [-0.3, -0.25) is 0 Å². The zero-order valence-electron chi connectivity index (χ0n) is 11.9. The Hall–Kier alpha value is -2.95. The summed E-state index contributed by atoms with van der Waals surface area (Å²) in [7, 11) is 0. The van der Waals surface area contributed by atoms with Crippen LogP contribution >= 0.6 is 0 Å². The van der Waals surface area contributed by atoms with Gasteiger partial charge in [-0.25, -0.2) is 13.9 Å². The highest BCUT2D eigenvalue weighted by molar-refractivity contribution is 5.88. The first-order valence-electron chi connectivity index (χ1n) is 6.73. The Morgan fingerprint density at radius 2 is 1.82 bits per heavy atom. The Balaban J connectivity index is 1.80. The van der Waals surface area contributed by atoms with Crippen molar-refractivity contribution in [3.05, 3.63) is 77.9 Å². The van der Waals surface area contributed by atoms with Gasteiger partial charge in [-0.15, -0.1) is 0 Å². The molecule has 3 aromatic rings. The molecule has 0 aliphatic rings. The van der Waals surface area contributed by atoms with E-state index in [9.17, 15) is 9.18 Å². The third-order valence-corrected chi connectivity index (χ3v) is 3.13. The number of hydrogen-bond donors (Lipinski definition) is 0. The van der Waals surface area contributed by atoms with E-state index < -0.39 is 11.8 Å². The summed E-state index contributed by atoms with van der Waals surface area (Å²) in [5.41, 5.74) is 1.46. The van der Waals surface area contributed by atoms with Crippen molar-refractivity contribution in [2.75, 3.05) is 0 Å². The van der Waals surface area contributed by atoms with Crippen LogP contribution in [0.1, 0.15) is 16.1 Å². The molecule has 4 nitrogen and oxygen atoms in total. The number of para-hydroxylation sites is 1. The summed E-state index contributed by atoms with van der Waals surface area (Å²) in [4.78, 5) is 12.0. The van der Waals surface area contributed by atoms with E-state index in [1.54, 1.807) is 30.3 Å². The normalized spacial score (nSPS) is 10.5. The Kier molecular flexibility index (Phi) is 3.70. The van der Waals surface area contributed by atoms with Gasteiger partial charge in [-0.2, -0.15) is 5.10 Å². The number of carbonyl (C=O) groups is 1. The van der Waals surface area contributed by atoms with Crippen molar-refractivity contribution in [3.8, 4) is 11.4 Å². The highest BCUT2D eigenvalue weighted by Crippen LogP contribution is 2.15. The molecule has 0 unspecified atom stereocenters. The van der Waals surface area contributed by atoms with E-state index in [1.165, 1.54) is 23.0 Å². The van der Waals surface area contributed by atoms with Gasteiger partial charge in [0.05, 0.1) is 0 Å². The van der Waals surface area contributed by atoms with Crippen molar-refractivity contribution >= 4 is 5.97 Å². The van der Waals surface area contributed by atoms with Crippen LogP contribution in [0.15, 0.2) is 60.8 Å². The van der Waals surface area contributed by atoms with Gasteiger partial charge in [-0.05, 0) is 37.3 Å².